The second kappa shape index (κ2) is 7.39. The molecule has 1 aromatic carbocycles. The van der Waals surface area contributed by atoms with Gasteiger partial charge in [0, 0.05) is 29.6 Å². The fourth-order valence-corrected chi connectivity index (χ4v) is 2.83. The van der Waals surface area contributed by atoms with Gasteiger partial charge in [0.15, 0.2) is 0 Å². The minimum atomic E-state index is -0.286. The average Bonchev–Trinajstić information content (AvgIpc) is 2.64. The highest BCUT2D eigenvalue weighted by Gasteiger charge is 2.15. The molecule has 0 spiro atoms. The van der Waals surface area contributed by atoms with Gasteiger partial charge in [0.2, 0.25) is 5.88 Å². The molecule has 0 saturated heterocycles. The lowest BCUT2D eigenvalue weighted by Crippen LogP contribution is -2.25. The minimum absolute atomic E-state index is 0.0861. The number of hydrogen-bond donors (Lipinski definition) is 1. The molecule has 2 heterocycles. The predicted molar refractivity (Wildman–Crippen MR) is 102 cm³/mol. The van der Waals surface area contributed by atoms with Crippen LogP contribution < -0.4 is 15.6 Å². The highest BCUT2D eigenvalue weighted by Crippen LogP contribution is 2.18. The fourth-order valence-electron chi connectivity index (χ4n) is 2.83. The van der Waals surface area contributed by atoms with Crippen molar-refractivity contribution in [3.63, 3.8) is 0 Å². The van der Waals surface area contributed by atoms with E-state index in [4.69, 9.17) is 4.74 Å². The van der Waals surface area contributed by atoms with Crippen LogP contribution in [0.2, 0.25) is 0 Å². The lowest BCUT2D eigenvalue weighted by Gasteiger charge is -2.14. The summed E-state index contributed by atoms with van der Waals surface area (Å²) in [4.78, 5) is 29.6. The summed E-state index contributed by atoms with van der Waals surface area (Å²) in [6, 6.07) is 10.6. The zero-order valence-electron chi connectivity index (χ0n) is 15.0. The van der Waals surface area contributed by atoms with Crippen LogP contribution >= 0.6 is 0 Å². The first-order chi connectivity index (χ1) is 12.5. The van der Waals surface area contributed by atoms with E-state index in [0.29, 0.717) is 34.4 Å². The Balaban J connectivity index is 2.03. The number of anilines is 1. The topological polar surface area (TPSA) is 73.2 Å². The van der Waals surface area contributed by atoms with Crippen LogP contribution in [0.25, 0.3) is 10.8 Å². The van der Waals surface area contributed by atoms with Crippen LogP contribution in [-0.2, 0) is 6.54 Å². The van der Waals surface area contributed by atoms with E-state index in [0.717, 1.165) is 0 Å². The molecule has 0 aliphatic carbocycles. The van der Waals surface area contributed by atoms with Gasteiger partial charge in [-0.3, -0.25) is 9.59 Å². The minimum Gasteiger partial charge on any atom is -0.481 e. The monoisotopic (exact) mass is 351 g/mol. The van der Waals surface area contributed by atoms with Crippen molar-refractivity contribution in [2.24, 2.45) is 5.92 Å². The van der Waals surface area contributed by atoms with Crippen LogP contribution in [0.15, 0.2) is 53.6 Å². The summed E-state index contributed by atoms with van der Waals surface area (Å²) in [5, 5.41) is 4.00. The number of ether oxygens (including phenoxy) is 1. The van der Waals surface area contributed by atoms with E-state index in [-0.39, 0.29) is 17.4 Å². The number of fused-ring (bicyclic) bond motifs is 1. The number of pyridine rings is 2. The summed E-state index contributed by atoms with van der Waals surface area (Å²) < 4.78 is 6.63. The number of rotatable bonds is 5. The van der Waals surface area contributed by atoms with E-state index in [1.807, 2.05) is 19.9 Å². The van der Waals surface area contributed by atoms with Crippen molar-refractivity contribution < 1.29 is 9.53 Å². The Bertz CT molecular complexity index is 991. The first kappa shape index (κ1) is 17.7. The zero-order chi connectivity index (χ0) is 18.7. The molecule has 0 radical (unpaired) electrons. The molecule has 2 aromatic heterocycles. The molecule has 3 rings (SSSR count). The van der Waals surface area contributed by atoms with Gasteiger partial charge in [-0.2, -0.15) is 0 Å². The summed E-state index contributed by atoms with van der Waals surface area (Å²) >= 11 is 0. The van der Waals surface area contributed by atoms with E-state index in [9.17, 15) is 9.59 Å². The number of nitrogens with one attached hydrogen (secondary N) is 1. The molecule has 26 heavy (non-hydrogen) atoms. The summed E-state index contributed by atoms with van der Waals surface area (Å²) in [5.41, 5.74) is 0.926. The number of benzene rings is 1. The first-order valence-electron chi connectivity index (χ1n) is 8.43. The molecule has 6 heteroatoms. The van der Waals surface area contributed by atoms with Gasteiger partial charge in [0.1, 0.15) is 0 Å². The maximum absolute atomic E-state index is 12.8. The Kier molecular flexibility index (Phi) is 5.02. The van der Waals surface area contributed by atoms with Crippen molar-refractivity contribution in [3.8, 4) is 5.88 Å². The zero-order valence-corrected chi connectivity index (χ0v) is 15.0. The molecule has 1 N–H and O–H groups in total. The normalized spacial score (nSPS) is 10.9. The molecule has 0 unspecified atom stereocenters. The Morgan fingerprint density at radius 1 is 1.19 bits per heavy atom. The van der Waals surface area contributed by atoms with Crippen molar-refractivity contribution in [3.05, 3.63) is 64.7 Å². The second-order valence-corrected chi connectivity index (χ2v) is 6.48. The third kappa shape index (κ3) is 3.59. The lowest BCUT2D eigenvalue weighted by molar-refractivity contribution is 0.102. The van der Waals surface area contributed by atoms with Crippen molar-refractivity contribution >= 4 is 22.4 Å². The number of aromatic nitrogens is 2. The predicted octanol–water partition coefficient (Wildman–Crippen LogP) is 3.31. The van der Waals surface area contributed by atoms with Crippen molar-refractivity contribution in [2.45, 2.75) is 20.4 Å². The van der Waals surface area contributed by atoms with Crippen LogP contribution in [0.4, 0.5) is 5.69 Å². The maximum Gasteiger partial charge on any atom is 0.258 e. The van der Waals surface area contributed by atoms with Gasteiger partial charge < -0.3 is 14.6 Å². The number of methoxy groups -OCH3 is 1. The summed E-state index contributed by atoms with van der Waals surface area (Å²) in [5.74, 6) is 0.472. The second-order valence-electron chi connectivity index (χ2n) is 6.48. The molecule has 3 aromatic rings. The van der Waals surface area contributed by atoms with Crippen molar-refractivity contribution in [2.75, 3.05) is 12.4 Å². The number of carbonyl (C=O) groups excluding carboxylic acids is 1. The van der Waals surface area contributed by atoms with E-state index in [2.05, 4.69) is 10.3 Å². The van der Waals surface area contributed by atoms with Crippen LogP contribution in [0.5, 0.6) is 5.88 Å². The molecule has 0 bridgehead atoms. The smallest absolute Gasteiger partial charge is 0.258 e. The molecule has 1 amide bonds. The molecular weight excluding hydrogens is 330 g/mol. The van der Waals surface area contributed by atoms with Crippen LogP contribution in [0.3, 0.4) is 0 Å². The van der Waals surface area contributed by atoms with Gasteiger partial charge in [-0.05, 0) is 18.1 Å². The highest BCUT2D eigenvalue weighted by molar-refractivity contribution is 6.12. The van der Waals surface area contributed by atoms with Crippen molar-refractivity contribution in [1.29, 1.82) is 0 Å². The molecule has 0 fully saturated rings. The molecule has 0 aliphatic rings. The van der Waals surface area contributed by atoms with Gasteiger partial charge in [-0.15, -0.1) is 0 Å². The van der Waals surface area contributed by atoms with Crippen LogP contribution in [-0.4, -0.2) is 22.6 Å². The largest absolute Gasteiger partial charge is 0.481 e. The molecule has 6 nitrogen and oxygen atoms in total. The van der Waals surface area contributed by atoms with Crippen LogP contribution in [0, 0.1) is 5.92 Å². The summed E-state index contributed by atoms with van der Waals surface area (Å²) in [7, 11) is 1.53. The summed E-state index contributed by atoms with van der Waals surface area (Å²) in [6.45, 7) is 4.61. The van der Waals surface area contributed by atoms with Gasteiger partial charge >= 0.3 is 0 Å². The Hall–Kier alpha value is -3.15. The standard InChI is InChI=1S/C20H21N3O3/c1-13(2)11-23-12-17(15-6-4-5-7-16(15)20(23)25)19(24)22-14-8-9-18(26-3)21-10-14/h4-10,12-13H,11H2,1-3H3,(H,22,24). The van der Waals surface area contributed by atoms with Gasteiger partial charge in [0.25, 0.3) is 11.5 Å². The third-order valence-electron chi connectivity index (χ3n) is 4.00. The molecule has 0 saturated carbocycles. The molecule has 0 atom stereocenters. The lowest BCUT2D eigenvalue weighted by atomic mass is 10.1. The SMILES string of the molecule is COc1ccc(NC(=O)c2cn(CC(C)C)c(=O)c3ccccc23)cn1. The molecule has 0 aliphatic heterocycles. The van der Waals surface area contributed by atoms with E-state index in [1.54, 1.807) is 41.1 Å². The quantitative estimate of drug-likeness (QED) is 0.765. The first-order valence-corrected chi connectivity index (χ1v) is 8.43. The Morgan fingerprint density at radius 2 is 1.92 bits per heavy atom. The Morgan fingerprint density at radius 3 is 2.54 bits per heavy atom. The van der Waals surface area contributed by atoms with Crippen molar-refractivity contribution in [1.82, 2.24) is 9.55 Å². The van der Waals surface area contributed by atoms with Gasteiger partial charge in [0.05, 0.1) is 24.6 Å². The number of hydrogen-bond acceptors (Lipinski definition) is 4. The highest BCUT2D eigenvalue weighted by atomic mass is 16.5. The Labute approximate surface area is 151 Å². The van der Waals surface area contributed by atoms with Gasteiger partial charge in [-0.25, -0.2) is 4.98 Å². The fraction of sp³-hybridized carbons (Fsp3) is 0.250. The van der Waals surface area contributed by atoms with Crippen LogP contribution in [0.1, 0.15) is 24.2 Å². The average molecular weight is 351 g/mol. The van der Waals surface area contributed by atoms with E-state index in [1.165, 1.54) is 13.3 Å². The number of nitrogens with zero attached hydrogens (tertiary/aromatic N) is 2. The maximum atomic E-state index is 12.8. The van der Waals surface area contributed by atoms with Gasteiger partial charge in [-0.1, -0.05) is 32.0 Å². The van der Waals surface area contributed by atoms with E-state index >= 15 is 0 Å². The number of carbonyl (C=O) groups is 1. The summed E-state index contributed by atoms with van der Waals surface area (Å²) in [6.07, 6.45) is 3.17. The molecule has 134 valence electrons. The third-order valence-corrected chi connectivity index (χ3v) is 4.00. The van der Waals surface area contributed by atoms with E-state index < -0.39 is 0 Å². The molecular formula is C20H21N3O3. The number of amides is 1.